The number of carbonyl (C=O) groups excluding carboxylic acids is 1. The lowest BCUT2D eigenvalue weighted by atomic mass is 10.1. The van der Waals surface area contributed by atoms with E-state index < -0.39 is 0 Å². The Kier molecular flexibility index (Phi) is 5.33. The second kappa shape index (κ2) is 7.84. The molecule has 1 aliphatic rings. The third kappa shape index (κ3) is 4.06. The second-order valence-electron chi connectivity index (χ2n) is 5.85. The zero-order valence-corrected chi connectivity index (χ0v) is 13.9. The Morgan fingerprint density at radius 1 is 1.08 bits per heavy atom. The summed E-state index contributed by atoms with van der Waals surface area (Å²) < 4.78 is 5.40. The summed E-state index contributed by atoms with van der Waals surface area (Å²) in [6, 6.07) is 15.7. The summed E-state index contributed by atoms with van der Waals surface area (Å²) in [5.41, 5.74) is 4.15. The zero-order valence-electron chi connectivity index (χ0n) is 13.9. The molecule has 0 aliphatic carbocycles. The van der Waals surface area contributed by atoms with E-state index >= 15 is 0 Å². The van der Waals surface area contributed by atoms with E-state index in [0.717, 1.165) is 30.0 Å². The maximum Gasteiger partial charge on any atom is 0.319 e. The van der Waals surface area contributed by atoms with Gasteiger partial charge in [0.15, 0.2) is 0 Å². The first kappa shape index (κ1) is 16.3. The van der Waals surface area contributed by atoms with Gasteiger partial charge in [-0.25, -0.2) is 4.79 Å². The van der Waals surface area contributed by atoms with Crippen LogP contribution >= 0.6 is 0 Å². The summed E-state index contributed by atoms with van der Waals surface area (Å²) >= 11 is 0. The Balaban J connectivity index is 1.63. The molecule has 2 N–H and O–H groups in total. The SMILES string of the molecule is Cc1ccccc1CNC(=O)Nc1ccccc1N1CCOCC1. The van der Waals surface area contributed by atoms with E-state index in [2.05, 4.69) is 15.5 Å². The lowest BCUT2D eigenvalue weighted by molar-refractivity contribution is 0.123. The fourth-order valence-corrected chi connectivity index (χ4v) is 2.81. The minimum Gasteiger partial charge on any atom is -0.378 e. The molecule has 0 spiro atoms. The molecule has 0 radical (unpaired) electrons. The van der Waals surface area contributed by atoms with Crippen LogP contribution in [0.3, 0.4) is 0 Å². The Hall–Kier alpha value is -2.53. The number of carbonyl (C=O) groups is 1. The predicted molar refractivity (Wildman–Crippen MR) is 96.5 cm³/mol. The molecule has 24 heavy (non-hydrogen) atoms. The number of nitrogens with zero attached hydrogens (tertiary/aromatic N) is 1. The van der Waals surface area contributed by atoms with Gasteiger partial charge < -0.3 is 20.3 Å². The van der Waals surface area contributed by atoms with E-state index in [1.165, 1.54) is 5.56 Å². The fourth-order valence-electron chi connectivity index (χ4n) is 2.81. The van der Waals surface area contributed by atoms with Gasteiger partial charge in [-0.15, -0.1) is 0 Å². The van der Waals surface area contributed by atoms with Crippen molar-refractivity contribution in [3.8, 4) is 0 Å². The van der Waals surface area contributed by atoms with Crippen molar-refractivity contribution in [1.82, 2.24) is 5.32 Å². The summed E-state index contributed by atoms with van der Waals surface area (Å²) in [7, 11) is 0. The molecule has 0 bridgehead atoms. The number of benzene rings is 2. The summed E-state index contributed by atoms with van der Waals surface area (Å²) in [6.07, 6.45) is 0. The van der Waals surface area contributed by atoms with Gasteiger partial charge in [0.25, 0.3) is 0 Å². The van der Waals surface area contributed by atoms with Gasteiger partial charge in [0.2, 0.25) is 0 Å². The van der Waals surface area contributed by atoms with Gasteiger partial charge in [0.05, 0.1) is 24.6 Å². The Bertz CT molecular complexity index is 697. The number of hydrogen-bond acceptors (Lipinski definition) is 3. The van der Waals surface area contributed by atoms with E-state index in [1.54, 1.807) is 0 Å². The highest BCUT2D eigenvalue weighted by molar-refractivity contribution is 5.93. The molecule has 1 fully saturated rings. The molecule has 1 aliphatic heterocycles. The molecule has 5 heteroatoms. The van der Waals surface area contributed by atoms with Crippen LogP contribution in [0.15, 0.2) is 48.5 Å². The minimum absolute atomic E-state index is 0.195. The first-order chi connectivity index (χ1) is 11.7. The van der Waals surface area contributed by atoms with Gasteiger partial charge in [-0.2, -0.15) is 0 Å². The van der Waals surface area contributed by atoms with Crippen LogP contribution in [0.4, 0.5) is 16.2 Å². The molecule has 5 nitrogen and oxygen atoms in total. The molecule has 126 valence electrons. The van der Waals surface area contributed by atoms with Crippen molar-refractivity contribution < 1.29 is 9.53 Å². The Morgan fingerprint density at radius 2 is 1.79 bits per heavy atom. The molecule has 0 unspecified atom stereocenters. The maximum absolute atomic E-state index is 12.3. The third-order valence-corrected chi connectivity index (χ3v) is 4.20. The van der Waals surface area contributed by atoms with Crippen molar-refractivity contribution in [3.05, 3.63) is 59.7 Å². The summed E-state index contributed by atoms with van der Waals surface area (Å²) in [5.74, 6) is 0. The number of amides is 2. The number of para-hydroxylation sites is 2. The highest BCUT2D eigenvalue weighted by atomic mass is 16.5. The highest BCUT2D eigenvalue weighted by Crippen LogP contribution is 2.26. The number of rotatable bonds is 4. The predicted octanol–water partition coefficient (Wildman–Crippen LogP) is 3.15. The quantitative estimate of drug-likeness (QED) is 0.908. The van der Waals surface area contributed by atoms with Crippen molar-refractivity contribution in [1.29, 1.82) is 0 Å². The van der Waals surface area contributed by atoms with Crippen molar-refractivity contribution in [2.24, 2.45) is 0 Å². The smallest absolute Gasteiger partial charge is 0.319 e. The molecule has 0 saturated carbocycles. The van der Waals surface area contributed by atoms with Gasteiger partial charge in [-0.3, -0.25) is 0 Å². The molecular formula is C19H23N3O2. The molecule has 3 rings (SSSR count). The molecule has 0 aromatic heterocycles. The average molecular weight is 325 g/mol. The Labute approximate surface area is 142 Å². The van der Waals surface area contributed by atoms with E-state index in [0.29, 0.717) is 19.8 Å². The van der Waals surface area contributed by atoms with E-state index in [1.807, 2.05) is 55.5 Å². The van der Waals surface area contributed by atoms with E-state index in [9.17, 15) is 4.79 Å². The minimum atomic E-state index is -0.195. The average Bonchev–Trinajstić information content (AvgIpc) is 2.62. The largest absolute Gasteiger partial charge is 0.378 e. The second-order valence-corrected chi connectivity index (χ2v) is 5.85. The molecule has 2 aromatic rings. The van der Waals surface area contributed by atoms with Crippen LogP contribution in [0.5, 0.6) is 0 Å². The van der Waals surface area contributed by atoms with Gasteiger partial charge in [-0.05, 0) is 30.2 Å². The number of anilines is 2. The lowest BCUT2D eigenvalue weighted by Gasteiger charge is -2.30. The summed E-state index contributed by atoms with van der Waals surface area (Å²) in [4.78, 5) is 14.5. The van der Waals surface area contributed by atoms with Crippen LogP contribution < -0.4 is 15.5 Å². The number of urea groups is 1. The Morgan fingerprint density at radius 3 is 2.58 bits per heavy atom. The fraction of sp³-hybridized carbons (Fsp3) is 0.316. The van der Waals surface area contributed by atoms with Crippen molar-refractivity contribution >= 4 is 17.4 Å². The molecule has 1 heterocycles. The van der Waals surface area contributed by atoms with Crippen molar-refractivity contribution in [2.75, 3.05) is 36.5 Å². The first-order valence-electron chi connectivity index (χ1n) is 8.25. The number of morpholine rings is 1. The summed E-state index contributed by atoms with van der Waals surface area (Å²) in [5, 5.41) is 5.89. The van der Waals surface area contributed by atoms with Crippen LogP contribution in [0, 0.1) is 6.92 Å². The summed E-state index contributed by atoms with van der Waals surface area (Å²) in [6.45, 7) is 5.66. The van der Waals surface area contributed by atoms with Crippen LogP contribution in [0.25, 0.3) is 0 Å². The van der Waals surface area contributed by atoms with Crippen molar-refractivity contribution in [3.63, 3.8) is 0 Å². The monoisotopic (exact) mass is 325 g/mol. The molecular weight excluding hydrogens is 302 g/mol. The maximum atomic E-state index is 12.3. The van der Waals surface area contributed by atoms with Gasteiger partial charge in [0.1, 0.15) is 0 Å². The lowest BCUT2D eigenvalue weighted by Crippen LogP contribution is -2.37. The van der Waals surface area contributed by atoms with Gasteiger partial charge in [-0.1, -0.05) is 36.4 Å². The molecule has 0 atom stereocenters. The number of ether oxygens (including phenoxy) is 1. The number of nitrogens with one attached hydrogen (secondary N) is 2. The topological polar surface area (TPSA) is 53.6 Å². The molecule has 2 amide bonds. The highest BCUT2D eigenvalue weighted by Gasteiger charge is 2.15. The van der Waals surface area contributed by atoms with Gasteiger partial charge in [0, 0.05) is 19.6 Å². The number of hydrogen-bond donors (Lipinski definition) is 2. The normalized spacial score (nSPS) is 14.3. The van der Waals surface area contributed by atoms with E-state index in [4.69, 9.17) is 4.74 Å². The standard InChI is InChI=1S/C19H23N3O2/c1-15-6-2-3-7-16(15)14-20-19(23)21-17-8-4-5-9-18(17)22-10-12-24-13-11-22/h2-9H,10-14H2,1H3,(H2,20,21,23). The van der Waals surface area contributed by atoms with Crippen LogP contribution in [-0.2, 0) is 11.3 Å². The number of aryl methyl sites for hydroxylation is 1. The third-order valence-electron chi connectivity index (χ3n) is 4.20. The first-order valence-corrected chi connectivity index (χ1v) is 8.25. The van der Waals surface area contributed by atoms with Crippen molar-refractivity contribution in [2.45, 2.75) is 13.5 Å². The molecule has 1 saturated heterocycles. The zero-order chi connectivity index (χ0) is 16.8. The van der Waals surface area contributed by atoms with Gasteiger partial charge >= 0.3 is 6.03 Å². The molecule has 2 aromatic carbocycles. The van der Waals surface area contributed by atoms with Crippen LogP contribution in [-0.4, -0.2) is 32.3 Å². The van der Waals surface area contributed by atoms with Crippen LogP contribution in [0.2, 0.25) is 0 Å². The van der Waals surface area contributed by atoms with E-state index in [-0.39, 0.29) is 6.03 Å². The van der Waals surface area contributed by atoms with Crippen LogP contribution in [0.1, 0.15) is 11.1 Å².